The first kappa shape index (κ1) is 39.4. The highest BCUT2D eigenvalue weighted by Crippen LogP contribution is 2.34. The Bertz CT molecular complexity index is 1530. The van der Waals surface area contributed by atoms with Crippen LogP contribution in [0.5, 0.6) is 17.2 Å². The van der Waals surface area contributed by atoms with Crippen LogP contribution in [0.25, 0.3) is 0 Å². The first-order valence-electron chi connectivity index (χ1n) is 15.9. The Kier molecular flexibility index (Phi) is 15.7. The summed E-state index contributed by atoms with van der Waals surface area (Å²) < 4.78 is 17.4. The van der Waals surface area contributed by atoms with Crippen LogP contribution in [0.2, 0.25) is 0 Å². The highest BCUT2D eigenvalue weighted by Gasteiger charge is 2.23. The van der Waals surface area contributed by atoms with Gasteiger partial charge >= 0.3 is 6.09 Å². The van der Waals surface area contributed by atoms with Crippen molar-refractivity contribution in [3.05, 3.63) is 125 Å². The summed E-state index contributed by atoms with van der Waals surface area (Å²) in [5.41, 5.74) is 5.07. The number of hydrogen-bond acceptors (Lipinski definition) is 5. The monoisotopic (exact) mass is 654 g/mol. The minimum atomic E-state index is -0.563. The number of hydrogen-bond donors (Lipinski definition) is 2. The first-order valence-corrected chi connectivity index (χ1v) is 15.9. The van der Waals surface area contributed by atoms with E-state index in [1.807, 2.05) is 79.7 Å². The normalized spacial score (nSPS) is 11.3. The number of amides is 2. The average molecular weight is 655 g/mol. The third kappa shape index (κ3) is 11.5. The van der Waals surface area contributed by atoms with E-state index in [1.165, 1.54) is 18.1 Å². The summed E-state index contributed by atoms with van der Waals surface area (Å²) in [7, 11) is 1.67. The van der Waals surface area contributed by atoms with Crippen LogP contribution in [0.3, 0.4) is 0 Å². The molecule has 0 saturated carbocycles. The Balaban J connectivity index is 0.00000400. The summed E-state index contributed by atoms with van der Waals surface area (Å²) in [4.78, 5) is 23.8. The summed E-state index contributed by atoms with van der Waals surface area (Å²) >= 11 is 0. The van der Waals surface area contributed by atoms with Crippen molar-refractivity contribution in [3.63, 3.8) is 0 Å². The van der Waals surface area contributed by atoms with Crippen molar-refractivity contribution < 1.29 is 23.8 Å². The molecule has 7 nitrogen and oxygen atoms in total. The first-order chi connectivity index (χ1) is 22.2. The van der Waals surface area contributed by atoms with Crippen LogP contribution in [0.15, 0.2) is 97.1 Å². The second-order valence-electron chi connectivity index (χ2n) is 12.1. The molecular weight excluding hydrogens is 600 g/mol. The van der Waals surface area contributed by atoms with Crippen LogP contribution in [0.4, 0.5) is 4.79 Å². The summed E-state index contributed by atoms with van der Waals surface area (Å²) in [6.07, 6.45) is 2.70. The summed E-state index contributed by atoms with van der Waals surface area (Å²) in [5.74, 6) is 2.26. The number of alkyl carbamates (subject to hydrolysis) is 1. The molecule has 2 amide bonds. The molecule has 0 radical (unpaired) electrons. The van der Waals surface area contributed by atoms with Gasteiger partial charge in [0.2, 0.25) is 5.91 Å². The van der Waals surface area contributed by atoms with Crippen LogP contribution in [-0.4, -0.2) is 32.2 Å². The van der Waals surface area contributed by atoms with Gasteiger partial charge < -0.3 is 24.8 Å². The second-order valence-corrected chi connectivity index (χ2v) is 12.1. The van der Waals surface area contributed by atoms with Gasteiger partial charge in [-0.25, -0.2) is 4.79 Å². The van der Waals surface area contributed by atoms with E-state index in [1.54, 1.807) is 7.11 Å². The Morgan fingerprint density at radius 3 is 1.56 bits per heavy atom. The molecular formula is C41H54N2O5. The maximum atomic E-state index is 12.8. The number of nitrogens with one attached hydrogen (secondary N) is 2. The molecule has 0 aliphatic heterocycles. The fraction of sp³-hybridized carbons (Fsp3) is 0.366. The highest BCUT2D eigenvalue weighted by atomic mass is 16.6. The minimum Gasteiger partial charge on any atom is -0.497 e. The number of carbonyl (C=O) groups is 2. The van der Waals surface area contributed by atoms with Crippen LogP contribution in [-0.2, 0) is 14.9 Å². The van der Waals surface area contributed by atoms with Gasteiger partial charge in [0.1, 0.15) is 17.2 Å². The Hall–Kier alpha value is -4.78. The average Bonchev–Trinajstić information content (AvgIpc) is 3.06. The van der Waals surface area contributed by atoms with Crippen molar-refractivity contribution in [1.82, 2.24) is 10.6 Å². The molecule has 1 unspecified atom stereocenters. The summed E-state index contributed by atoms with van der Waals surface area (Å²) in [6, 6.07) is 32.0. The van der Waals surface area contributed by atoms with Crippen LogP contribution < -0.4 is 20.1 Å². The quantitative estimate of drug-likeness (QED) is 0.125. The lowest BCUT2D eigenvalue weighted by atomic mass is 9.78. The zero-order valence-corrected chi connectivity index (χ0v) is 27.6. The molecule has 0 bridgehead atoms. The third-order valence-electron chi connectivity index (χ3n) is 8.16. The van der Waals surface area contributed by atoms with Gasteiger partial charge in [0.05, 0.1) is 7.11 Å². The molecule has 7 heteroatoms. The molecule has 0 fully saturated rings. The molecule has 0 aliphatic carbocycles. The van der Waals surface area contributed by atoms with Crippen molar-refractivity contribution in [2.24, 2.45) is 0 Å². The lowest BCUT2D eigenvalue weighted by Crippen LogP contribution is -2.27. The number of carbonyl (C=O) groups excluding carboxylic acids is 2. The fourth-order valence-corrected chi connectivity index (χ4v) is 5.24. The molecule has 0 heterocycles. The number of ether oxygens (including phenoxy) is 3. The second kappa shape index (κ2) is 19.1. The SMILES string of the molecule is C.C.COc1ccc(C(C)(C)c2ccc(Oc3ccc(C(OC(=O)NCCCCCCNC(C)=O)c4ccc(C)cc4)cc3)cc2)cc1. The van der Waals surface area contributed by atoms with Crippen LogP contribution >= 0.6 is 0 Å². The molecule has 0 saturated heterocycles. The zero-order chi connectivity index (χ0) is 32.9. The molecule has 4 aromatic rings. The highest BCUT2D eigenvalue weighted by molar-refractivity contribution is 5.72. The predicted molar refractivity (Wildman–Crippen MR) is 196 cm³/mol. The van der Waals surface area contributed by atoms with Gasteiger partial charge in [-0.1, -0.05) is 108 Å². The Morgan fingerprint density at radius 2 is 1.08 bits per heavy atom. The maximum Gasteiger partial charge on any atom is 0.408 e. The van der Waals surface area contributed by atoms with E-state index in [2.05, 4.69) is 48.7 Å². The van der Waals surface area contributed by atoms with E-state index >= 15 is 0 Å². The molecule has 4 rings (SSSR count). The van der Waals surface area contributed by atoms with E-state index in [0.29, 0.717) is 18.8 Å². The predicted octanol–water partition coefficient (Wildman–Crippen LogP) is 9.91. The lowest BCUT2D eigenvalue weighted by Gasteiger charge is -2.26. The molecule has 2 N–H and O–H groups in total. The van der Waals surface area contributed by atoms with Gasteiger partial charge in [-0.2, -0.15) is 0 Å². The van der Waals surface area contributed by atoms with Crippen molar-refractivity contribution >= 4 is 12.0 Å². The molecule has 0 aliphatic rings. The number of aryl methyl sites for hydroxylation is 1. The van der Waals surface area contributed by atoms with Gasteiger partial charge in [-0.3, -0.25) is 4.79 Å². The fourth-order valence-electron chi connectivity index (χ4n) is 5.24. The van der Waals surface area contributed by atoms with E-state index in [9.17, 15) is 9.59 Å². The summed E-state index contributed by atoms with van der Waals surface area (Å²) in [6.45, 7) is 9.17. The van der Waals surface area contributed by atoms with Crippen LogP contribution in [0.1, 0.15) is 95.2 Å². The largest absolute Gasteiger partial charge is 0.497 e. The summed E-state index contributed by atoms with van der Waals surface area (Å²) in [5, 5.41) is 5.69. The van der Waals surface area contributed by atoms with Crippen molar-refractivity contribution in [1.29, 1.82) is 0 Å². The van der Waals surface area contributed by atoms with Crippen molar-refractivity contribution in [2.45, 2.75) is 79.8 Å². The third-order valence-corrected chi connectivity index (χ3v) is 8.16. The lowest BCUT2D eigenvalue weighted by molar-refractivity contribution is -0.118. The van der Waals surface area contributed by atoms with Crippen LogP contribution in [0, 0.1) is 6.92 Å². The van der Waals surface area contributed by atoms with E-state index in [4.69, 9.17) is 14.2 Å². The van der Waals surface area contributed by atoms with Gasteiger partial charge in [0.25, 0.3) is 0 Å². The smallest absolute Gasteiger partial charge is 0.408 e. The topological polar surface area (TPSA) is 85.9 Å². The molecule has 48 heavy (non-hydrogen) atoms. The standard InChI is InChI=1S/C39H46N2O5.2CH4/c1-28-10-12-30(13-11-28)37(46-38(43)41-27-9-7-6-8-26-40-29(2)42)31-14-20-35(21-15-31)45-36-24-18-33(19-25-36)39(3,4)32-16-22-34(44-5)23-17-32;;/h10-25,37H,6-9,26-27H2,1-5H3,(H,40,42)(H,41,43);2*1H4. The van der Waals surface area contributed by atoms with Crippen molar-refractivity contribution in [3.8, 4) is 17.2 Å². The van der Waals surface area contributed by atoms with E-state index < -0.39 is 12.2 Å². The van der Waals surface area contributed by atoms with Gasteiger partial charge in [0, 0.05) is 25.4 Å². The zero-order valence-electron chi connectivity index (χ0n) is 27.6. The number of benzene rings is 4. The minimum absolute atomic E-state index is 0. The number of methoxy groups -OCH3 is 1. The molecule has 4 aromatic carbocycles. The molecule has 258 valence electrons. The molecule has 0 spiro atoms. The molecule has 1 atom stereocenters. The Morgan fingerprint density at radius 1 is 0.646 bits per heavy atom. The van der Waals surface area contributed by atoms with Gasteiger partial charge in [-0.05, 0) is 78.4 Å². The van der Waals surface area contributed by atoms with Crippen molar-refractivity contribution in [2.75, 3.05) is 20.2 Å². The van der Waals surface area contributed by atoms with Gasteiger partial charge in [-0.15, -0.1) is 0 Å². The maximum absolute atomic E-state index is 12.8. The van der Waals surface area contributed by atoms with E-state index in [-0.39, 0.29) is 26.2 Å². The number of unbranched alkanes of at least 4 members (excludes halogenated alkanes) is 3. The molecule has 0 aromatic heterocycles. The van der Waals surface area contributed by atoms with Gasteiger partial charge in [0.15, 0.2) is 6.10 Å². The Labute approximate surface area is 288 Å². The number of rotatable bonds is 15. The van der Waals surface area contributed by atoms with E-state index in [0.717, 1.165) is 53.9 Å².